The van der Waals surface area contributed by atoms with Crippen LogP contribution < -0.4 is 10.1 Å². The first-order chi connectivity index (χ1) is 13.4. The average Bonchev–Trinajstić information content (AvgIpc) is 2.66. The summed E-state index contributed by atoms with van der Waals surface area (Å²) in [5, 5.41) is 12.0. The van der Waals surface area contributed by atoms with Crippen LogP contribution in [0.15, 0.2) is 59.2 Å². The van der Waals surface area contributed by atoms with E-state index in [2.05, 4.69) is 27.8 Å². The maximum Gasteiger partial charge on any atom is 0.573 e. The molecule has 2 aromatic rings. The fourth-order valence-corrected chi connectivity index (χ4v) is 3.37. The minimum atomic E-state index is -4.69. The molecule has 0 radical (unpaired) electrons. The fraction of sp³-hybridized carbons (Fsp3) is 0.200. The Morgan fingerprint density at radius 3 is 2.43 bits per heavy atom. The Labute approximate surface area is 165 Å². The van der Waals surface area contributed by atoms with Crippen molar-refractivity contribution in [3.8, 4) is 11.8 Å². The normalized spacial score (nSPS) is 12.0. The lowest BCUT2D eigenvalue weighted by molar-refractivity contribution is -0.274. The molecule has 0 aromatic heterocycles. The third-order valence-corrected chi connectivity index (χ3v) is 4.73. The lowest BCUT2D eigenvalue weighted by Gasteiger charge is -2.10. The number of thioether (sulfide) groups is 1. The monoisotopic (exact) mass is 405 g/mol. The van der Waals surface area contributed by atoms with Gasteiger partial charge in [0.05, 0.1) is 0 Å². The van der Waals surface area contributed by atoms with Gasteiger partial charge in [-0.2, -0.15) is 17.0 Å². The summed E-state index contributed by atoms with van der Waals surface area (Å²) in [4.78, 5) is 3.95. The Hall–Kier alpha value is -2.92. The van der Waals surface area contributed by atoms with Crippen LogP contribution >= 0.6 is 11.8 Å². The molecule has 0 unspecified atom stereocenters. The molecule has 0 amide bonds. The van der Waals surface area contributed by atoms with Crippen LogP contribution in [0.2, 0.25) is 0 Å². The lowest BCUT2D eigenvalue weighted by atomic mass is 10.1. The zero-order valence-corrected chi connectivity index (χ0v) is 15.9. The van der Waals surface area contributed by atoms with E-state index < -0.39 is 6.36 Å². The largest absolute Gasteiger partial charge is 0.573 e. The molecule has 0 saturated carbocycles. The Balaban J connectivity index is 2.00. The van der Waals surface area contributed by atoms with E-state index in [0.717, 1.165) is 16.7 Å². The molecule has 0 aliphatic rings. The van der Waals surface area contributed by atoms with E-state index in [1.807, 2.05) is 24.3 Å². The highest BCUT2D eigenvalue weighted by Crippen LogP contribution is 2.26. The number of alkyl halides is 3. The van der Waals surface area contributed by atoms with Gasteiger partial charge in [0.2, 0.25) is 0 Å². The summed E-state index contributed by atoms with van der Waals surface area (Å²) < 4.78 is 40.4. The number of nitrogens with zero attached hydrogens (tertiary/aromatic N) is 2. The molecule has 0 aliphatic carbocycles. The van der Waals surface area contributed by atoms with Crippen LogP contribution in [0, 0.1) is 11.3 Å². The number of hydrogen-bond acceptors (Lipinski definition) is 5. The van der Waals surface area contributed by atoms with Crippen LogP contribution in [0.5, 0.6) is 5.75 Å². The first-order valence-electron chi connectivity index (χ1n) is 8.17. The number of aliphatic imine (C=N–C) groups is 1. The van der Waals surface area contributed by atoms with Crippen LogP contribution in [-0.2, 0) is 11.5 Å². The molecule has 28 heavy (non-hydrogen) atoms. The van der Waals surface area contributed by atoms with Gasteiger partial charge in [-0.05, 0) is 36.0 Å². The standard InChI is InChI=1S/C20H18F3N3OS/c1-25-18(11-24)19(26-2)16-5-3-4-15(10-16)13-28-12-14-6-8-17(9-7-14)27-20(21,22)23/h3-10,25H,2,12-13H2,1H3/b19-18-. The maximum atomic E-state index is 12.2. The first kappa shape index (κ1) is 21.4. The van der Waals surface area contributed by atoms with Crippen molar-refractivity contribution in [1.82, 2.24) is 5.32 Å². The molecular formula is C20H18F3N3OS. The van der Waals surface area contributed by atoms with Crippen molar-refractivity contribution in [2.24, 2.45) is 4.99 Å². The minimum Gasteiger partial charge on any atom is -0.406 e. The molecule has 2 rings (SSSR count). The fourth-order valence-electron chi connectivity index (χ4n) is 2.42. The van der Waals surface area contributed by atoms with Crippen LogP contribution in [0.25, 0.3) is 5.70 Å². The van der Waals surface area contributed by atoms with E-state index in [4.69, 9.17) is 0 Å². The molecule has 4 nitrogen and oxygen atoms in total. The second-order valence-electron chi connectivity index (χ2n) is 5.63. The second-order valence-corrected chi connectivity index (χ2v) is 6.61. The Kier molecular flexibility index (Phi) is 7.52. The van der Waals surface area contributed by atoms with Crippen molar-refractivity contribution in [3.05, 3.63) is 70.9 Å². The van der Waals surface area contributed by atoms with E-state index in [-0.39, 0.29) is 5.75 Å². The molecule has 8 heteroatoms. The van der Waals surface area contributed by atoms with Crippen LogP contribution in [0.4, 0.5) is 13.2 Å². The smallest absolute Gasteiger partial charge is 0.406 e. The Morgan fingerprint density at radius 1 is 1.18 bits per heavy atom. The first-order valence-corrected chi connectivity index (χ1v) is 9.32. The van der Waals surface area contributed by atoms with Crippen LogP contribution in [-0.4, -0.2) is 20.1 Å². The van der Waals surface area contributed by atoms with Gasteiger partial charge in [0, 0.05) is 24.1 Å². The Bertz CT molecular complexity index is 887. The number of nitriles is 1. The molecule has 0 aliphatic heterocycles. The van der Waals surface area contributed by atoms with Gasteiger partial charge in [-0.25, -0.2) is 0 Å². The van der Waals surface area contributed by atoms with E-state index in [0.29, 0.717) is 22.9 Å². The predicted molar refractivity (Wildman–Crippen MR) is 106 cm³/mol. The molecule has 0 spiro atoms. The summed E-state index contributed by atoms with van der Waals surface area (Å²) in [6.07, 6.45) is -4.69. The van der Waals surface area contributed by atoms with Crippen LogP contribution in [0.3, 0.4) is 0 Å². The van der Waals surface area contributed by atoms with Gasteiger partial charge in [-0.3, -0.25) is 4.99 Å². The zero-order chi connectivity index (χ0) is 20.6. The molecule has 2 aromatic carbocycles. The molecular weight excluding hydrogens is 387 g/mol. The number of allylic oxidation sites excluding steroid dienone is 1. The Morgan fingerprint density at radius 2 is 1.86 bits per heavy atom. The quantitative estimate of drug-likeness (QED) is 0.489. The second kappa shape index (κ2) is 9.85. The van der Waals surface area contributed by atoms with Gasteiger partial charge in [0.25, 0.3) is 0 Å². The van der Waals surface area contributed by atoms with E-state index in [1.165, 1.54) is 12.1 Å². The number of hydrogen-bond donors (Lipinski definition) is 1. The predicted octanol–water partition coefficient (Wildman–Crippen LogP) is 5.13. The van der Waals surface area contributed by atoms with E-state index >= 15 is 0 Å². The zero-order valence-electron chi connectivity index (χ0n) is 15.1. The lowest BCUT2D eigenvalue weighted by Crippen LogP contribution is -2.16. The van der Waals surface area contributed by atoms with Crippen molar-refractivity contribution in [2.45, 2.75) is 17.9 Å². The molecule has 0 fully saturated rings. The topological polar surface area (TPSA) is 57.4 Å². The number of halogens is 3. The molecule has 146 valence electrons. The van der Waals surface area contributed by atoms with E-state index in [1.54, 1.807) is 30.9 Å². The molecule has 1 N–H and O–H groups in total. The molecule has 0 heterocycles. The van der Waals surface area contributed by atoms with Gasteiger partial charge in [0.15, 0.2) is 0 Å². The highest BCUT2D eigenvalue weighted by molar-refractivity contribution is 7.97. The summed E-state index contributed by atoms with van der Waals surface area (Å²) in [6, 6.07) is 15.5. The van der Waals surface area contributed by atoms with Crippen molar-refractivity contribution in [3.63, 3.8) is 0 Å². The number of benzene rings is 2. The van der Waals surface area contributed by atoms with Crippen molar-refractivity contribution >= 4 is 24.2 Å². The number of rotatable bonds is 8. The highest BCUT2D eigenvalue weighted by atomic mass is 32.2. The summed E-state index contributed by atoms with van der Waals surface area (Å²) in [5.41, 5.74) is 3.53. The van der Waals surface area contributed by atoms with Crippen molar-refractivity contribution < 1.29 is 17.9 Å². The summed E-state index contributed by atoms with van der Waals surface area (Å²) in [5.74, 6) is 1.10. The number of ether oxygens (including phenoxy) is 1. The van der Waals surface area contributed by atoms with Gasteiger partial charge >= 0.3 is 6.36 Å². The molecule has 0 saturated heterocycles. The third kappa shape index (κ3) is 6.35. The maximum absolute atomic E-state index is 12.2. The van der Waals surface area contributed by atoms with Crippen LogP contribution in [0.1, 0.15) is 16.7 Å². The number of nitrogens with one attached hydrogen (secondary N) is 1. The molecule has 0 atom stereocenters. The summed E-state index contributed by atoms with van der Waals surface area (Å²) >= 11 is 1.62. The average molecular weight is 405 g/mol. The SMILES string of the molecule is C=N/C(=C(/C#N)NC)c1cccc(CSCc2ccc(OC(F)(F)F)cc2)c1. The van der Waals surface area contributed by atoms with Crippen molar-refractivity contribution in [2.75, 3.05) is 7.05 Å². The van der Waals surface area contributed by atoms with Gasteiger partial charge in [-0.15, -0.1) is 13.2 Å². The third-order valence-electron chi connectivity index (χ3n) is 3.65. The summed E-state index contributed by atoms with van der Waals surface area (Å²) in [6.45, 7) is 3.53. The molecule has 0 bridgehead atoms. The van der Waals surface area contributed by atoms with Gasteiger partial charge < -0.3 is 10.1 Å². The van der Waals surface area contributed by atoms with E-state index in [9.17, 15) is 18.4 Å². The summed E-state index contributed by atoms with van der Waals surface area (Å²) in [7, 11) is 1.65. The van der Waals surface area contributed by atoms with Gasteiger partial charge in [0.1, 0.15) is 23.2 Å². The highest BCUT2D eigenvalue weighted by Gasteiger charge is 2.30. The minimum absolute atomic E-state index is 0.233. The van der Waals surface area contributed by atoms with Gasteiger partial charge in [-0.1, -0.05) is 30.3 Å². The van der Waals surface area contributed by atoms with Crippen molar-refractivity contribution in [1.29, 1.82) is 5.26 Å².